The molecule has 0 spiro atoms. The largest absolute Gasteiger partial charge is 0.325 e. The molecule has 12 nitrogen and oxygen atoms in total. The van der Waals surface area contributed by atoms with E-state index in [1.165, 1.54) is 0 Å². The molecule has 3 amide bonds. The number of aromatic amines is 2. The fourth-order valence-corrected chi connectivity index (χ4v) is 2.37. The summed E-state index contributed by atoms with van der Waals surface area (Å²) < 4.78 is 0. The maximum absolute atomic E-state index is 12.3. The SMILES string of the molecule is O=C(CN1C(=O)c2ccc([N+](=O)[O-])cc2C1=O)Nc1c[nH]c(=O)[nH]c1=O. The highest BCUT2D eigenvalue weighted by molar-refractivity contribution is 6.23. The fourth-order valence-electron chi connectivity index (χ4n) is 2.37. The van der Waals surface area contributed by atoms with E-state index in [9.17, 15) is 34.1 Å². The van der Waals surface area contributed by atoms with Gasteiger partial charge in [0.15, 0.2) is 0 Å². The molecule has 0 fully saturated rings. The van der Waals surface area contributed by atoms with Crippen LogP contribution in [0.1, 0.15) is 20.7 Å². The van der Waals surface area contributed by atoms with Crippen LogP contribution >= 0.6 is 0 Å². The Balaban J connectivity index is 1.80. The topological polar surface area (TPSA) is 175 Å². The molecule has 0 radical (unpaired) electrons. The van der Waals surface area contributed by atoms with Gasteiger partial charge in [0.05, 0.1) is 16.1 Å². The molecule has 0 aliphatic carbocycles. The Labute approximate surface area is 142 Å². The van der Waals surface area contributed by atoms with E-state index in [0.717, 1.165) is 24.4 Å². The summed E-state index contributed by atoms with van der Waals surface area (Å²) in [5.74, 6) is -2.52. The summed E-state index contributed by atoms with van der Waals surface area (Å²) >= 11 is 0. The number of amides is 3. The minimum atomic E-state index is -0.869. The summed E-state index contributed by atoms with van der Waals surface area (Å²) in [5.41, 5.74) is -2.51. The van der Waals surface area contributed by atoms with Crippen LogP contribution in [-0.4, -0.2) is 44.1 Å². The minimum absolute atomic E-state index is 0.0599. The number of hydrogen-bond acceptors (Lipinski definition) is 7. The van der Waals surface area contributed by atoms with Gasteiger partial charge < -0.3 is 10.3 Å². The van der Waals surface area contributed by atoms with Crippen molar-refractivity contribution in [3.63, 3.8) is 0 Å². The van der Waals surface area contributed by atoms with Crippen molar-refractivity contribution in [3.8, 4) is 0 Å². The number of nitro groups is 1. The number of carbonyl (C=O) groups is 3. The highest BCUT2D eigenvalue weighted by Gasteiger charge is 2.37. The summed E-state index contributed by atoms with van der Waals surface area (Å²) in [6.45, 7) is -0.710. The van der Waals surface area contributed by atoms with Crippen molar-refractivity contribution in [3.05, 3.63) is 66.5 Å². The van der Waals surface area contributed by atoms with Crippen LogP contribution in [-0.2, 0) is 4.79 Å². The highest BCUT2D eigenvalue weighted by atomic mass is 16.6. The number of non-ortho nitro benzene ring substituents is 1. The van der Waals surface area contributed by atoms with E-state index < -0.39 is 40.4 Å². The normalized spacial score (nSPS) is 12.8. The lowest BCUT2D eigenvalue weighted by atomic mass is 10.1. The number of anilines is 1. The molecule has 0 unspecified atom stereocenters. The zero-order valence-corrected chi connectivity index (χ0v) is 12.8. The van der Waals surface area contributed by atoms with Crippen molar-refractivity contribution in [1.82, 2.24) is 14.9 Å². The first kappa shape index (κ1) is 16.8. The zero-order valence-electron chi connectivity index (χ0n) is 12.8. The second kappa shape index (κ2) is 6.08. The molecule has 1 aromatic heterocycles. The number of H-pyrrole nitrogens is 2. The average molecular weight is 359 g/mol. The Morgan fingerprint density at radius 1 is 1.15 bits per heavy atom. The Morgan fingerprint density at radius 3 is 2.50 bits per heavy atom. The van der Waals surface area contributed by atoms with Crippen LogP contribution in [0, 0.1) is 10.1 Å². The number of carbonyl (C=O) groups excluding carboxylic acids is 3. The number of nitrogens with one attached hydrogen (secondary N) is 3. The van der Waals surface area contributed by atoms with Crippen LogP contribution in [0.15, 0.2) is 34.0 Å². The summed E-state index contributed by atoms with van der Waals surface area (Å²) in [6.07, 6.45) is 0.963. The number of nitrogens with zero attached hydrogens (tertiary/aromatic N) is 2. The minimum Gasteiger partial charge on any atom is -0.319 e. The molecule has 132 valence electrons. The van der Waals surface area contributed by atoms with E-state index >= 15 is 0 Å². The smallest absolute Gasteiger partial charge is 0.319 e. The highest BCUT2D eigenvalue weighted by Crippen LogP contribution is 2.26. The molecule has 0 saturated carbocycles. The van der Waals surface area contributed by atoms with Crippen molar-refractivity contribution in [2.24, 2.45) is 0 Å². The average Bonchev–Trinajstić information content (AvgIpc) is 2.82. The van der Waals surface area contributed by atoms with Gasteiger partial charge in [-0.25, -0.2) is 4.79 Å². The molecule has 12 heteroatoms. The number of hydrogen-bond donors (Lipinski definition) is 3. The quantitative estimate of drug-likeness (QED) is 0.364. The third-order valence-electron chi connectivity index (χ3n) is 3.56. The van der Waals surface area contributed by atoms with E-state index in [4.69, 9.17) is 0 Å². The molecular formula is C14H9N5O7. The van der Waals surface area contributed by atoms with Crippen LogP contribution in [0.5, 0.6) is 0 Å². The number of benzene rings is 1. The molecular weight excluding hydrogens is 350 g/mol. The van der Waals surface area contributed by atoms with Crippen LogP contribution < -0.4 is 16.6 Å². The van der Waals surface area contributed by atoms with Crippen molar-refractivity contribution in [2.75, 3.05) is 11.9 Å². The molecule has 1 aliphatic heterocycles. The Hall–Kier alpha value is -4.09. The molecule has 3 rings (SSSR count). The Bertz CT molecular complexity index is 1080. The summed E-state index contributed by atoms with van der Waals surface area (Å²) in [5, 5.41) is 12.9. The van der Waals surface area contributed by atoms with Gasteiger partial charge in [-0.1, -0.05) is 0 Å². The van der Waals surface area contributed by atoms with Gasteiger partial charge in [0.25, 0.3) is 23.1 Å². The zero-order chi connectivity index (χ0) is 19.0. The second-order valence-corrected chi connectivity index (χ2v) is 5.22. The molecule has 26 heavy (non-hydrogen) atoms. The summed E-state index contributed by atoms with van der Waals surface area (Å²) in [6, 6.07) is 3.17. The van der Waals surface area contributed by atoms with Gasteiger partial charge in [-0.05, 0) is 6.07 Å². The number of rotatable bonds is 4. The predicted octanol–water partition coefficient (Wildman–Crippen LogP) is -0.794. The summed E-state index contributed by atoms with van der Waals surface area (Å²) in [7, 11) is 0. The first-order valence-electron chi connectivity index (χ1n) is 7.04. The lowest BCUT2D eigenvalue weighted by Crippen LogP contribution is -2.38. The van der Waals surface area contributed by atoms with Gasteiger partial charge in [0, 0.05) is 18.3 Å². The lowest BCUT2D eigenvalue weighted by Gasteiger charge is -2.13. The van der Waals surface area contributed by atoms with E-state index in [1.807, 2.05) is 4.98 Å². The first-order valence-corrected chi connectivity index (χ1v) is 7.04. The maximum atomic E-state index is 12.3. The molecule has 3 N–H and O–H groups in total. The molecule has 1 aliphatic rings. The van der Waals surface area contributed by atoms with Crippen LogP contribution in [0.2, 0.25) is 0 Å². The number of imide groups is 1. The third-order valence-corrected chi connectivity index (χ3v) is 3.56. The van der Waals surface area contributed by atoms with Gasteiger partial charge in [-0.2, -0.15) is 0 Å². The van der Waals surface area contributed by atoms with Crippen molar-refractivity contribution < 1.29 is 19.3 Å². The van der Waals surface area contributed by atoms with E-state index in [1.54, 1.807) is 0 Å². The lowest BCUT2D eigenvalue weighted by molar-refractivity contribution is -0.384. The van der Waals surface area contributed by atoms with Crippen molar-refractivity contribution in [2.45, 2.75) is 0 Å². The van der Waals surface area contributed by atoms with Gasteiger partial charge >= 0.3 is 5.69 Å². The predicted molar refractivity (Wildman–Crippen MR) is 84.8 cm³/mol. The number of aromatic nitrogens is 2. The second-order valence-electron chi connectivity index (χ2n) is 5.22. The van der Waals surface area contributed by atoms with Gasteiger partial charge in [-0.3, -0.25) is 39.2 Å². The number of fused-ring (bicyclic) bond motifs is 1. The molecule has 0 atom stereocenters. The van der Waals surface area contributed by atoms with Crippen LogP contribution in [0.4, 0.5) is 11.4 Å². The number of nitro benzene ring substituents is 1. The first-order chi connectivity index (χ1) is 12.3. The Kier molecular flexibility index (Phi) is 3.92. The van der Waals surface area contributed by atoms with E-state index in [2.05, 4.69) is 10.3 Å². The van der Waals surface area contributed by atoms with E-state index in [-0.39, 0.29) is 22.5 Å². The standard InChI is InChI=1S/C14H9N5O7/c20-10(16-9-4-15-14(24)17-11(9)21)5-18-12(22)7-2-1-6(19(25)26)3-8(7)13(18)23/h1-4H,5H2,(H,16,20)(H2,15,17,21,24). The maximum Gasteiger partial charge on any atom is 0.325 e. The molecule has 2 aromatic rings. The third kappa shape index (κ3) is 2.86. The monoisotopic (exact) mass is 359 g/mol. The fraction of sp³-hybridized carbons (Fsp3) is 0.0714. The van der Waals surface area contributed by atoms with Crippen molar-refractivity contribution >= 4 is 29.1 Å². The van der Waals surface area contributed by atoms with Crippen molar-refractivity contribution in [1.29, 1.82) is 0 Å². The van der Waals surface area contributed by atoms with E-state index in [0.29, 0.717) is 4.90 Å². The van der Waals surface area contributed by atoms with Gasteiger partial charge in [-0.15, -0.1) is 0 Å². The molecule has 0 bridgehead atoms. The van der Waals surface area contributed by atoms with Gasteiger partial charge in [0.1, 0.15) is 12.2 Å². The van der Waals surface area contributed by atoms with Gasteiger partial charge in [0.2, 0.25) is 5.91 Å². The molecule has 1 aromatic carbocycles. The summed E-state index contributed by atoms with van der Waals surface area (Å²) in [4.78, 5) is 73.7. The molecule has 0 saturated heterocycles. The Morgan fingerprint density at radius 2 is 1.85 bits per heavy atom. The molecule has 2 heterocycles. The van der Waals surface area contributed by atoms with Crippen LogP contribution in [0.3, 0.4) is 0 Å². The van der Waals surface area contributed by atoms with Crippen LogP contribution in [0.25, 0.3) is 0 Å².